The Kier molecular flexibility index (Phi) is 20.6. The minimum atomic E-state index is -4.32. The third-order valence-corrected chi connectivity index (χ3v) is 6.40. The summed E-state index contributed by atoms with van der Waals surface area (Å²) in [5.74, 6) is -1.000. The second kappa shape index (κ2) is 21.4. The van der Waals surface area contributed by atoms with Gasteiger partial charge in [-0.2, -0.15) is 8.42 Å². The van der Waals surface area contributed by atoms with Crippen molar-refractivity contribution < 1.29 is 22.9 Å². The number of aliphatic hydroxyl groups excluding tert-OH is 1. The van der Waals surface area contributed by atoms with E-state index in [4.69, 9.17) is 0 Å². The van der Waals surface area contributed by atoms with Gasteiger partial charge in [-0.1, -0.05) is 89.5 Å². The van der Waals surface area contributed by atoms with Gasteiger partial charge in [0, 0.05) is 6.42 Å². The van der Waals surface area contributed by atoms with Gasteiger partial charge < -0.3 is 10.4 Å². The van der Waals surface area contributed by atoms with Gasteiger partial charge in [-0.3, -0.25) is 9.35 Å². The van der Waals surface area contributed by atoms with Crippen LogP contribution in [0.3, 0.4) is 0 Å². The fourth-order valence-electron chi connectivity index (χ4n) is 3.62. The highest BCUT2D eigenvalue weighted by Crippen LogP contribution is 2.10. The molecule has 0 aliphatic rings. The van der Waals surface area contributed by atoms with E-state index in [2.05, 4.69) is 31.3 Å². The van der Waals surface area contributed by atoms with Gasteiger partial charge in [0.15, 0.2) is 0 Å². The summed E-state index contributed by atoms with van der Waals surface area (Å²) in [5.41, 5.74) is 0. The molecule has 0 aromatic rings. The third kappa shape index (κ3) is 22.4. The first-order chi connectivity index (χ1) is 15.8. The molecule has 194 valence electrons. The molecule has 0 aromatic heterocycles. The number of hydrogen-bond acceptors (Lipinski definition) is 4. The Hall–Kier alpha value is -1.18. The highest BCUT2D eigenvalue weighted by molar-refractivity contribution is 7.85. The molecule has 0 bridgehead atoms. The van der Waals surface area contributed by atoms with Crippen LogP contribution in [-0.2, 0) is 14.9 Å². The molecule has 0 saturated heterocycles. The van der Waals surface area contributed by atoms with Crippen LogP contribution in [0.25, 0.3) is 0 Å². The molecular weight excluding hydrogens is 438 g/mol. The molecule has 33 heavy (non-hydrogen) atoms. The smallest absolute Gasteiger partial charge is 0.267 e. The van der Waals surface area contributed by atoms with Crippen LogP contribution >= 0.6 is 0 Å². The van der Waals surface area contributed by atoms with E-state index in [1.807, 2.05) is 6.08 Å². The molecule has 0 aliphatic heterocycles. The summed E-state index contributed by atoms with van der Waals surface area (Å²) in [6, 6.07) is -1.05. The van der Waals surface area contributed by atoms with Crippen LogP contribution in [0.5, 0.6) is 0 Å². The van der Waals surface area contributed by atoms with Crippen molar-refractivity contribution in [2.75, 3.05) is 5.75 Å². The fourth-order valence-corrected chi connectivity index (χ4v) is 4.35. The van der Waals surface area contributed by atoms with Gasteiger partial charge in [0.2, 0.25) is 5.91 Å². The molecule has 6 nitrogen and oxygen atoms in total. The molecule has 0 rings (SSSR count). The maximum Gasteiger partial charge on any atom is 0.267 e. The fraction of sp³-hybridized carbons (Fsp3) is 0.808. The SMILES string of the molecule is CCCCC/C=C\CCCCCCCC(=O)NC(CS(=O)(=O)O)C(O)/C=C/CCCCCC. The summed E-state index contributed by atoms with van der Waals surface area (Å²) in [6.45, 7) is 4.35. The second-order valence-electron chi connectivity index (χ2n) is 8.96. The standard InChI is InChI=1S/C26H49NO5S/c1-3-5-7-9-11-12-13-14-15-16-18-20-22-26(29)27-24(23-33(30,31)32)25(28)21-19-17-10-8-6-4-2/h11-12,19,21,24-25,28H,3-10,13-18,20,22-23H2,1-2H3,(H,27,29)(H,30,31,32)/b12-11-,21-19+. The molecule has 0 fully saturated rings. The van der Waals surface area contributed by atoms with Crippen LogP contribution in [0, 0.1) is 0 Å². The van der Waals surface area contributed by atoms with Crippen molar-refractivity contribution in [2.45, 2.75) is 129 Å². The molecule has 2 atom stereocenters. The molecule has 0 aromatic carbocycles. The zero-order chi connectivity index (χ0) is 24.8. The highest BCUT2D eigenvalue weighted by atomic mass is 32.2. The lowest BCUT2D eigenvalue weighted by atomic mass is 10.1. The number of nitrogens with one attached hydrogen (secondary N) is 1. The number of carbonyl (C=O) groups excluding carboxylic acids is 1. The summed E-state index contributed by atoms with van der Waals surface area (Å²) in [5, 5.41) is 12.9. The lowest BCUT2D eigenvalue weighted by Crippen LogP contribution is -2.46. The zero-order valence-corrected chi connectivity index (χ0v) is 21.8. The topological polar surface area (TPSA) is 104 Å². The number of hydrogen-bond donors (Lipinski definition) is 3. The van der Waals surface area contributed by atoms with Crippen molar-refractivity contribution >= 4 is 16.0 Å². The first-order valence-corrected chi connectivity index (χ1v) is 14.6. The van der Waals surface area contributed by atoms with Crippen LogP contribution < -0.4 is 5.32 Å². The van der Waals surface area contributed by atoms with Crippen LogP contribution in [0.2, 0.25) is 0 Å². The Morgan fingerprint density at radius 1 is 0.788 bits per heavy atom. The summed E-state index contributed by atoms with van der Waals surface area (Å²) in [6.07, 6.45) is 23.3. The van der Waals surface area contributed by atoms with Gasteiger partial charge >= 0.3 is 0 Å². The van der Waals surface area contributed by atoms with Crippen molar-refractivity contribution in [2.24, 2.45) is 0 Å². The van der Waals surface area contributed by atoms with E-state index in [0.29, 0.717) is 0 Å². The average Bonchev–Trinajstić information content (AvgIpc) is 2.75. The average molecular weight is 488 g/mol. The quantitative estimate of drug-likeness (QED) is 0.0970. The predicted octanol–water partition coefficient (Wildman–Crippen LogP) is 6.11. The molecule has 0 saturated carbocycles. The second-order valence-corrected chi connectivity index (χ2v) is 10.5. The Morgan fingerprint density at radius 2 is 1.27 bits per heavy atom. The van der Waals surface area contributed by atoms with E-state index in [0.717, 1.165) is 70.6 Å². The summed E-state index contributed by atoms with van der Waals surface area (Å²) < 4.78 is 31.8. The minimum absolute atomic E-state index is 0.284. The molecule has 0 spiro atoms. The monoisotopic (exact) mass is 487 g/mol. The lowest BCUT2D eigenvalue weighted by molar-refractivity contribution is -0.122. The first kappa shape index (κ1) is 31.8. The van der Waals surface area contributed by atoms with Crippen molar-refractivity contribution in [3.63, 3.8) is 0 Å². The Bertz CT molecular complexity index is 631. The number of rotatable bonds is 22. The van der Waals surface area contributed by atoms with Gasteiger partial charge in [-0.15, -0.1) is 0 Å². The highest BCUT2D eigenvalue weighted by Gasteiger charge is 2.24. The van der Waals surface area contributed by atoms with E-state index in [1.54, 1.807) is 0 Å². The number of amides is 1. The normalized spacial score (nSPS) is 14.2. The van der Waals surface area contributed by atoms with E-state index in [-0.39, 0.29) is 12.3 Å². The molecule has 3 N–H and O–H groups in total. The predicted molar refractivity (Wildman–Crippen MR) is 138 cm³/mol. The van der Waals surface area contributed by atoms with Crippen molar-refractivity contribution in [1.29, 1.82) is 0 Å². The zero-order valence-electron chi connectivity index (χ0n) is 21.0. The van der Waals surface area contributed by atoms with Crippen molar-refractivity contribution in [3.8, 4) is 0 Å². The summed E-state index contributed by atoms with van der Waals surface area (Å²) in [4.78, 5) is 12.2. The van der Waals surface area contributed by atoms with Gasteiger partial charge in [0.05, 0.1) is 17.9 Å². The Balaban J connectivity index is 4.14. The molecule has 1 amide bonds. The van der Waals surface area contributed by atoms with Crippen LogP contribution in [0.1, 0.15) is 117 Å². The number of allylic oxidation sites excluding steroid dienone is 3. The number of unbranched alkanes of at least 4 members (excludes halogenated alkanes) is 12. The van der Waals surface area contributed by atoms with Crippen molar-refractivity contribution in [1.82, 2.24) is 5.32 Å². The van der Waals surface area contributed by atoms with Gasteiger partial charge in [-0.05, 0) is 44.9 Å². The molecular formula is C26H49NO5S. The van der Waals surface area contributed by atoms with Crippen LogP contribution in [0.15, 0.2) is 24.3 Å². The molecule has 0 aliphatic carbocycles. The number of aliphatic hydroxyl groups is 1. The van der Waals surface area contributed by atoms with E-state index in [9.17, 15) is 22.9 Å². The largest absolute Gasteiger partial charge is 0.387 e. The minimum Gasteiger partial charge on any atom is -0.387 e. The van der Waals surface area contributed by atoms with Crippen LogP contribution in [0.4, 0.5) is 0 Å². The maximum atomic E-state index is 12.2. The molecule has 0 radical (unpaired) electrons. The van der Waals surface area contributed by atoms with E-state index < -0.39 is 28.0 Å². The Morgan fingerprint density at radius 3 is 1.88 bits per heavy atom. The first-order valence-electron chi connectivity index (χ1n) is 13.0. The van der Waals surface area contributed by atoms with Gasteiger partial charge in [-0.25, -0.2) is 0 Å². The summed E-state index contributed by atoms with van der Waals surface area (Å²) >= 11 is 0. The summed E-state index contributed by atoms with van der Waals surface area (Å²) in [7, 11) is -4.32. The molecule has 2 unspecified atom stereocenters. The van der Waals surface area contributed by atoms with E-state index >= 15 is 0 Å². The van der Waals surface area contributed by atoms with Gasteiger partial charge in [0.1, 0.15) is 0 Å². The lowest BCUT2D eigenvalue weighted by Gasteiger charge is -2.21. The molecule has 7 heteroatoms. The maximum absolute atomic E-state index is 12.2. The van der Waals surface area contributed by atoms with Gasteiger partial charge in [0.25, 0.3) is 10.1 Å². The molecule has 0 heterocycles. The third-order valence-electron chi connectivity index (χ3n) is 5.62. The van der Waals surface area contributed by atoms with Crippen LogP contribution in [-0.4, -0.2) is 41.9 Å². The number of carbonyl (C=O) groups is 1. The Labute approximate surface area is 203 Å². The van der Waals surface area contributed by atoms with E-state index in [1.165, 1.54) is 31.8 Å². The van der Waals surface area contributed by atoms with Crippen molar-refractivity contribution in [3.05, 3.63) is 24.3 Å².